The van der Waals surface area contributed by atoms with Crippen LogP contribution in [0.3, 0.4) is 0 Å². The molecule has 2 rings (SSSR count). The molecule has 0 heterocycles. The van der Waals surface area contributed by atoms with Crippen LogP contribution < -0.4 is 15.5 Å². The first-order valence-electron chi connectivity index (χ1n) is 9.48. The smallest absolute Gasteiger partial charge is 0.253 e. The van der Waals surface area contributed by atoms with Gasteiger partial charge in [0.25, 0.3) is 5.91 Å². The highest BCUT2D eigenvalue weighted by atomic mass is 35.5. The molecule has 2 aromatic rings. The number of hydrogen-bond acceptors (Lipinski definition) is 2. The van der Waals surface area contributed by atoms with Crippen molar-refractivity contribution in [3.05, 3.63) is 70.2 Å². The largest absolute Gasteiger partial charge is 0.350 e. The molecule has 150 valence electrons. The predicted octanol–water partition coefficient (Wildman–Crippen LogP) is 2.06. The van der Waals surface area contributed by atoms with Crippen LogP contribution in [-0.2, 0) is 17.9 Å². The zero-order valence-electron chi connectivity index (χ0n) is 16.9. The monoisotopic (exact) mass is 402 g/mol. The van der Waals surface area contributed by atoms with Crippen molar-refractivity contribution in [1.82, 2.24) is 10.6 Å². The molecule has 0 aromatic heterocycles. The van der Waals surface area contributed by atoms with E-state index < -0.39 is 6.04 Å². The van der Waals surface area contributed by atoms with Gasteiger partial charge in [-0.2, -0.15) is 0 Å². The SMILES string of the molecule is CC(C)[C@H](NC(=O)c1ccccc1Cl)C(=O)NCc1ccccc1C[NH+](C)C. The number of amides is 2. The summed E-state index contributed by atoms with van der Waals surface area (Å²) in [5, 5.41) is 6.15. The van der Waals surface area contributed by atoms with Crippen LogP contribution in [-0.4, -0.2) is 32.0 Å². The van der Waals surface area contributed by atoms with Crippen LogP contribution in [0.4, 0.5) is 0 Å². The fraction of sp³-hybridized carbons (Fsp3) is 0.364. The van der Waals surface area contributed by atoms with Crippen molar-refractivity contribution in [3.63, 3.8) is 0 Å². The van der Waals surface area contributed by atoms with Gasteiger partial charge in [-0.3, -0.25) is 9.59 Å². The van der Waals surface area contributed by atoms with Crippen molar-refractivity contribution in [1.29, 1.82) is 0 Å². The quantitative estimate of drug-likeness (QED) is 0.632. The van der Waals surface area contributed by atoms with Crippen LogP contribution in [0.2, 0.25) is 5.02 Å². The van der Waals surface area contributed by atoms with Gasteiger partial charge in [0, 0.05) is 12.1 Å². The summed E-state index contributed by atoms with van der Waals surface area (Å²) in [7, 11) is 4.18. The maximum Gasteiger partial charge on any atom is 0.253 e. The summed E-state index contributed by atoms with van der Waals surface area (Å²) in [5.41, 5.74) is 2.64. The maximum absolute atomic E-state index is 12.8. The Kier molecular flexibility index (Phi) is 8.03. The van der Waals surface area contributed by atoms with E-state index in [0.29, 0.717) is 17.1 Å². The summed E-state index contributed by atoms with van der Waals surface area (Å²) in [4.78, 5) is 26.6. The molecule has 0 aliphatic rings. The molecule has 0 radical (unpaired) electrons. The third-order valence-corrected chi connectivity index (χ3v) is 4.80. The number of benzene rings is 2. The van der Waals surface area contributed by atoms with E-state index in [2.05, 4.69) is 30.8 Å². The topological polar surface area (TPSA) is 62.6 Å². The number of carbonyl (C=O) groups is 2. The van der Waals surface area contributed by atoms with Gasteiger partial charge in [-0.1, -0.05) is 61.8 Å². The summed E-state index contributed by atoms with van der Waals surface area (Å²) in [6.45, 7) is 5.11. The molecule has 0 aliphatic heterocycles. The fourth-order valence-corrected chi connectivity index (χ4v) is 3.20. The van der Waals surface area contributed by atoms with E-state index in [-0.39, 0.29) is 17.7 Å². The molecule has 3 N–H and O–H groups in total. The van der Waals surface area contributed by atoms with Crippen LogP contribution in [0.25, 0.3) is 0 Å². The zero-order chi connectivity index (χ0) is 20.7. The first kappa shape index (κ1) is 21.9. The van der Waals surface area contributed by atoms with E-state index >= 15 is 0 Å². The van der Waals surface area contributed by atoms with Crippen molar-refractivity contribution < 1.29 is 14.5 Å². The second-order valence-corrected chi connectivity index (χ2v) is 7.95. The average molecular weight is 403 g/mol. The van der Waals surface area contributed by atoms with Gasteiger partial charge in [0.1, 0.15) is 12.6 Å². The fourth-order valence-electron chi connectivity index (χ4n) is 2.97. The lowest BCUT2D eigenvalue weighted by atomic mass is 10.0. The van der Waals surface area contributed by atoms with Gasteiger partial charge in [-0.25, -0.2) is 0 Å². The highest BCUT2D eigenvalue weighted by Gasteiger charge is 2.25. The van der Waals surface area contributed by atoms with Gasteiger partial charge >= 0.3 is 0 Å². The second-order valence-electron chi connectivity index (χ2n) is 7.55. The van der Waals surface area contributed by atoms with Crippen LogP contribution in [0.1, 0.15) is 35.3 Å². The van der Waals surface area contributed by atoms with Gasteiger partial charge in [0.05, 0.1) is 24.7 Å². The van der Waals surface area contributed by atoms with E-state index in [1.165, 1.54) is 10.5 Å². The minimum atomic E-state index is -0.643. The molecule has 2 aromatic carbocycles. The summed E-state index contributed by atoms with van der Waals surface area (Å²) in [6.07, 6.45) is 0. The van der Waals surface area contributed by atoms with Crippen molar-refractivity contribution in [2.45, 2.75) is 33.0 Å². The summed E-state index contributed by atoms with van der Waals surface area (Å²) in [6, 6.07) is 14.2. The van der Waals surface area contributed by atoms with Gasteiger partial charge in [-0.05, 0) is 23.6 Å². The molecular weight excluding hydrogens is 374 g/mol. The standard InChI is InChI=1S/C22H28ClN3O2/c1-15(2)20(25-21(27)18-11-7-8-12-19(18)23)22(28)24-13-16-9-5-6-10-17(16)14-26(3)4/h5-12,15,20H,13-14H2,1-4H3,(H,24,28)(H,25,27)/p+1/t20-/m0/s1. The normalized spacial score (nSPS) is 12.1. The molecule has 28 heavy (non-hydrogen) atoms. The number of quaternary nitrogens is 1. The van der Waals surface area contributed by atoms with E-state index in [4.69, 9.17) is 11.6 Å². The lowest BCUT2D eigenvalue weighted by molar-refractivity contribution is -0.872. The Bertz CT molecular complexity index is 821. The molecule has 0 saturated heterocycles. The Morgan fingerprint density at radius 1 is 1.00 bits per heavy atom. The van der Waals surface area contributed by atoms with Crippen LogP contribution >= 0.6 is 11.6 Å². The van der Waals surface area contributed by atoms with Crippen LogP contribution in [0, 0.1) is 5.92 Å². The first-order chi connectivity index (χ1) is 13.3. The molecule has 0 spiro atoms. The summed E-state index contributed by atoms with van der Waals surface area (Å²) >= 11 is 6.10. The lowest BCUT2D eigenvalue weighted by Crippen LogP contribution is -3.04. The molecule has 5 nitrogen and oxygen atoms in total. The van der Waals surface area contributed by atoms with E-state index in [0.717, 1.165) is 12.1 Å². The Hall–Kier alpha value is -2.37. The third-order valence-electron chi connectivity index (χ3n) is 4.47. The number of nitrogens with one attached hydrogen (secondary N) is 3. The van der Waals surface area contributed by atoms with Crippen molar-refractivity contribution in [3.8, 4) is 0 Å². The molecule has 0 aliphatic carbocycles. The van der Waals surface area contributed by atoms with Gasteiger partial charge in [0.2, 0.25) is 5.91 Å². The van der Waals surface area contributed by atoms with E-state index in [1.54, 1.807) is 24.3 Å². The highest BCUT2D eigenvalue weighted by Crippen LogP contribution is 2.15. The highest BCUT2D eigenvalue weighted by molar-refractivity contribution is 6.33. The second kappa shape index (κ2) is 10.2. The number of halogens is 1. The Morgan fingerprint density at radius 2 is 1.61 bits per heavy atom. The number of hydrogen-bond donors (Lipinski definition) is 3. The molecule has 1 atom stereocenters. The lowest BCUT2D eigenvalue weighted by Gasteiger charge is -2.22. The molecule has 2 amide bonds. The van der Waals surface area contributed by atoms with Gasteiger partial charge < -0.3 is 15.5 Å². The first-order valence-corrected chi connectivity index (χ1v) is 9.86. The van der Waals surface area contributed by atoms with Crippen molar-refractivity contribution in [2.24, 2.45) is 5.92 Å². The molecular formula is C22H29ClN3O2+. The summed E-state index contributed by atoms with van der Waals surface area (Å²) < 4.78 is 0. The van der Waals surface area contributed by atoms with E-state index in [1.807, 2.05) is 32.0 Å². The van der Waals surface area contributed by atoms with Crippen LogP contribution in [0.5, 0.6) is 0 Å². The molecule has 0 unspecified atom stereocenters. The van der Waals surface area contributed by atoms with Gasteiger partial charge in [-0.15, -0.1) is 0 Å². The zero-order valence-corrected chi connectivity index (χ0v) is 17.6. The Balaban J connectivity index is 2.06. The molecule has 6 heteroatoms. The molecule has 0 fully saturated rings. The number of rotatable bonds is 8. The Labute approximate surface area is 172 Å². The third kappa shape index (κ3) is 6.08. The maximum atomic E-state index is 12.8. The van der Waals surface area contributed by atoms with Crippen LogP contribution in [0.15, 0.2) is 48.5 Å². The van der Waals surface area contributed by atoms with E-state index in [9.17, 15) is 9.59 Å². The van der Waals surface area contributed by atoms with Crippen molar-refractivity contribution in [2.75, 3.05) is 14.1 Å². The molecule has 0 bridgehead atoms. The summed E-state index contributed by atoms with van der Waals surface area (Å²) in [5.74, 6) is -0.619. The van der Waals surface area contributed by atoms with Crippen molar-refractivity contribution >= 4 is 23.4 Å². The minimum Gasteiger partial charge on any atom is -0.350 e. The molecule has 0 saturated carbocycles. The minimum absolute atomic E-state index is 0.0621. The predicted molar refractivity (Wildman–Crippen MR) is 112 cm³/mol. The average Bonchev–Trinajstić information content (AvgIpc) is 2.64. The number of carbonyl (C=O) groups excluding carboxylic acids is 2. The Morgan fingerprint density at radius 3 is 2.21 bits per heavy atom. The van der Waals surface area contributed by atoms with Gasteiger partial charge in [0.15, 0.2) is 0 Å².